The van der Waals surface area contributed by atoms with Crippen LogP contribution in [0.15, 0.2) is 34.7 Å². The first kappa shape index (κ1) is 17.5. The second-order valence-corrected chi connectivity index (χ2v) is 5.90. The number of benzene rings is 2. The second kappa shape index (κ2) is 6.51. The number of nitro benzene ring substituents is 1. The van der Waals surface area contributed by atoms with Crippen LogP contribution < -0.4 is 0 Å². The molecule has 7 heteroatoms. The Kier molecular flexibility index (Phi) is 4.38. The molecule has 1 N–H and O–H groups in total. The van der Waals surface area contributed by atoms with Crippen LogP contribution in [0.2, 0.25) is 0 Å². The molecule has 0 aliphatic rings. The minimum atomic E-state index is -0.571. The molecule has 26 heavy (non-hydrogen) atoms. The number of phenolic OH excluding ortho intramolecular Hbond substituents is 1. The van der Waals surface area contributed by atoms with Crippen LogP contribution in [0.1, 0.15) is 28.6 Å². The van der Waals surface area contributed by atoms with E-state index in [2.05, 4.69) is 0 Å². The number of carbonyl (C=O) groups excluding carboxylic acids is 1. The summed E-state index contributed by atoms with van der Waals surface area (Å²) in [5, 5.41) is 22.0. The summed E-state index contributed by atoms with van der Waals surface area (Å²) in [6.07, 6.45) is 0. The van der Waals surface area contributed by atoms with E-state index < -0.39 is 10.9 Å². The van der Waals surface area contributed by atoms with Gasteiger partial charge in [-0.1, -0.05) is 6.07 Å². The number of carbonyl (C=O) groups is 1. The van der Waals surface area contributed by atoms with Crippen molar-refractivity contribution >= 4 is 22.6 Å². The van der Waals surface area contributed by atoms with E-state index in [1.54, 1.807) is 32.9 Å². The van der Waals surface area contributed by atoms with Gasteiger partial charge in [-0.3, -0.25) is 10.1 Å². The molecule has 1 heterocycles. The summed E-state index contributed by atoms with van der Waals surface area (Å²) < 4.78 is 10.8. The van der Waals surface area contributed by atoms with E-state index in [1.165, 1.54) is 18.2 Å². The number of nitrogens with zero attached hydrogens (tertiary/aromatic N) is 1. The lowest BCUT2D eigenvalue weighted by molar-refractivity contribution is -0.384. The maximum absolute atomic E-state index is 12.2. The lowest BCUT2D eigenvalue weighted by Gasteiger charge is -2.07. The summed E-state index contributed by atoms with van der Waals surface area (Å²) >= 11 is 0. The molecule has 0 bridgehead atoms. The predicted molar refractivity (Wildman–Crippen MR) is 95.4 cm³/mol. The van der Waals surface area contributed by atoms with Gasteiger partial charge in [-0.25, -0.2) is 4.79 Å². The lowest BCUT2D eigenvalue weighted by Crippen LogP contribution is -2.05. The van der Waals surface area contributed by atoms with Crippen molar-refractivity contribution in [1.29, 1.82) is 0 Å². The van der Waals surface area contributed by atoms with Gasteiger partial charge in [-0.15, -0.1) is 0 Å². The fourth-order valence-corrected chi connectivity index (χ4v) is 2.98. The first-order valence-electron chi connectivity index (χ1n) is 8.02. The molecule has 0 spiro atoms. The van der Waals surface area contributed by atoms with Crippen molar-refractivity contribution in [2.24, 2.45) is 0 Å². The van der Waals surface area contributed by atoms with E-state index in [4.69, 9.17) is 9.15 Å². The number of aromatic hydroxyl groups is 1. The van der Waals surface area contributed by atoms with Crippen LogP contribution in [0.25, 0.3) is 22.1 Å². The van der Waals surface area contributed by atoms with Crippen LogP contribution in [-0.4, -0.2) is 22.6 Å². The van der Waals surface area contributed by atoms with Crippen molar-refractivity contribution in [3.63, 3.8) is 0 Å². The Morgan fingerprint density at radius 3 is 2.62 bits per heavy atom. The number of rotatable bonds is 4. The largest absolute Gasteiger partial charge is 0.508 e. The fraction of sp³-hybridized carbons (Fsp3) is 0.211. The summed E-state index contributed by atoms with van der Waals surface area (Å²) in [5.41, 5.74) is 1.75. The van der Waals surface area contributed by atoms with Gasteiger partial charge >= 0.3 is 5.97 Å². The highest BCUT2D eigenvalue weighted by molar-refractivity contribution is 6.09. The number of hydrogen-bond donors (Lipinski definition) is 1. The van der Waals surface area contributed by atoms with Gasteiger partial charge in [0.2, 0.25) is 0 Å². The number of nitro groups is 1. The van der Waals surface area contributed by atoms with E-state index >= 15 is 0 Å². The van der Waals surface area contributed by atoms with E-state index in [0.717, 1.165) is 5.56 Å². The van der Waals surface area contributed by atoms with E-state index in [0.29, 0.717) is 22.3 Å². The van der Waals surface area contributed by atoms with E-state index in [9.17, 15) is 20.0 Å². The molecule has 0 aliphatic heterocycles. The van der Waals surface area contributed by atoms with E-state index in [1.807, 2.05) is 0 Å². The molecule has 0 atom stereocenters. The monoisotopic (exact) mass is 355 g/mol. The molecule has 0 radical (unpaired) electrons. The molecule has 0 amide bonds. The summed E-state index contributed by atoms with van der Waals surface area (Å²) in [5.74, 6) is -0.382. The maximum Gasteiger partial charge on any atom is 0.342 e. The molecule has 0 saturated heterocycles. The number of phenols is 1. The average molecular weight is 355 g/mol. The topological polar surface area (TPSA) is 103 Å². The highest BCUT2D eigenvalue weighted by Gasteiger charge is 2.25. The number of esters is 1. The van der Waals surface area contributed by atoms with Gasteiger partial charge in [0.25, 0.3) is 5.69 Å². The molecule has 1 aromatic heterocycles. The van der Waals surface area contributed by atoms with Gasteiger partial charge in [-0.2, -0.15) is 0 Å². The molecule has 3 rings (SSSR count). The molecule has 0 fully saturated rings. The van der Waals surface area contributed by atoms with Crippen molar-refractivity contribution in [1.82, 2.24) is 0 Å². The molecule has 134 valence electrons. The van der Waals surface area contributed by atoms with Gasteiger partial charge in [0.15, 0.2) is 0 Å². The van der Waals surface area contributed by atoms with Crippen molar-refractivity contribution in [2.45, 2.75) is 20.8 Å². The Hall–Kier alpha value is -3.35. The average Bonchev–Trinajstić information content (AvgIpc) is 2.90. The zero-order valence-electron chi connectivity index (χ0n) is 14.5. The molecule has 3 aromatic rings. The van der Waals surface area contributed by atoms with Gasteiger partial charge in [0, 0.05) is 17.0 Å². The summed E-state index contributed by atoms with van der Waals surface area (Å²) in [7, 11) is 0. The predicted octanol–water partition coefficient (Wildman–Crippen LogP) is 4.51. The first-order chi connectivity index (χ1) is 12.3. The Labute approximate surface area is 149 Å². The maximum atomic E-state index is 12.2. The van der Waals surface area contributed by atoms with Crippen LogP contribution in [0, 0.1) is 24.0 Å². The SMILES string of the molecule is CCOC(=O)c1c(C)oc2c(-c3ccc(C)cc3[N+](=O)[O-])cc(O)cc12. The normalized spacial score (nSPS) is 10.9. The van der Waals surface area contributed by atoms with E-state index in [-0.39, 0.29) is 29.2 Å². The standard InChI is InChI=1S/C19H17NO6/c1-4-25-19(22)17-11(3)26-18-14(8-12(21)9-15(17)18)13-6-5-10(2)7-16(13)20(23)24/h5-9,21H,4H2,1-3H3. The summed E-state index contributed by atoms with van der Waals surface area (Å²) in [6, 6.07) is 7.57. The molecule has 7 nitrogen and oxygen atoms in total. The van der Waals surface area contributed by atoms with Crippen LogP contribution in [0.4, 0.5) is 5.69 Å². The number of aryl methyl sites for hydroxylation is 2. The third-order valence-electron chi connectivity index (χ3n) is 4.07. The first-order valence-corrected chi connectivity index (χ1v) is 8.02. The van der Waals surface area contributed by atoms with Crippen LogP contribution >= 0.6 is 0 Å². The Morgan fingerprint density at radius 1 is 1.23 bits per heavy atom. The number of fused-ring (bicyclic) bond motifs is 1. The minimum Gasteiger partial charge on any atom is -0.508 e. The Morgan fingerprint density at radius 2 is 1.96 bits per heavy atom. The second-order valence-electron chi connectivity index (χ2n) is 5.90. The van der Waals surface area contributed by atoms with Gasteiger partial charge in [0.1, 0.15) is 22.7 Å². The number of hydrogen-bond acceptors (Lipinski definition) is 6. The molecular formula is C19H17NO6. The van der Waals surface area contributed by atoms with Gasteiger partial charge < -0.3 is 14.3 Å². The molecule has 0 aliphatic carbocycles. The van der Waals surface area contributed by atoms with Crippen molar-refractivity contribution < 1.29 is 24.0 Å². The number of furan rings is 1. The van der Waals surface area contributed by atoms with Crippen molar-refractivity contribution in [3.8, 4) is 16.9 Å². The van der Waals surface area contributed by atoms with Crippen LogP contribution in [0.3, 0.4) is 0 Å². The number of ether oxygens (including phenoxy) is 1. The van der Waals surface area contributed by atoms with Crippen molar-refractivity contribution in [2.75, 3.05) is 6.61 Å². The minimum absolute atomic E-state index is 0.108. The smallest absolute Gasteiger partial charge is 0.342 e. The van der Waals surface area contributed by atoms with Crippen LogP contribution in [0.5, 0.6) is 5.75 Å². The van der Waals surface area contributed by atoms with Crippen LogP contribution in [-0.2, 0) is 4.74 Å². The lowest BCUT2D eigenvalue weighted by atomic mass is 9.98. The third-order valence-corrected chi connectivity index (χ3v) is 4.07. The Bertz CT molecular complexity index is 1030. The zero-order chi connectivity index (χ0) is 19.0. The Balaban J connectivity index is 2.34. The zero-order valence-corrected chi connectivity index (χ0v) is 14.5. The molecule has 0 unspecified atom stereocenters. The fourth-order valence-electron chi connectivity index (χ4n) is 2.98. The van der Waals surface area contributed by atoms with Crippen molar-refractivity contribution in [3.05, 3.63) is 57.3 Å². The quantitative estimate of drug-likeness (QED) is 0.420. The molecule has 0 saturated carbocycles. The summed E-state index contributed by atoms with van der Waals surface area (Å²) in [4.78, 5) is 23.2. The highest BCUT2D eigenvalue weighted by atomic mass is 16.6. The third kappa shape index (κ3) is 2.88. The molecular weight excluding hydrogens is 338 g/mol. The van der Waals surface area contributed by atoms with Gasteiger partial charge in [0.05, 0.1) is 17.1 Å². The summed E-state index contributed by atoms with van der Waals surface area (Å²) in [6.45, 7) is 5.25. The molecule has 2 aromatic carbocycles. The highest BCUT2D eigenvalue weighted by Crippen LogP contribution is 2.41. The van der Waals surface area contributed by atoms with Gasteiger partial charge in [-0.05, 0) is 44.5 Å².